The van der Waals surface area contributed by atoms with Gasteiger partial charge in [-0.25, -0.2) is 0 Å². The summed E-state index contributed by atoms with van der Waals surface area (Å²) in [6.45, 7) is 6.73. The Hall–Kier alpha value is -2.47. The van der Waals surface area contributed by atoms with Gasteiger partial charge >= 0.3 is 7.60 Å². The van der Waals surface area contributed by atoms with Crippen molar-refractivity contribution in [3.63, 3.8) is 0 Å². The highest BCUT2D eigenvalue weighted by molar-refractivity contribution is 7.53. The molecule has 30 heavy (non-hydrogen) atoms. The first-order valence-electron chi connectivity index (χ1n) is 9.98. The maximum Gasteiger partial charge on any atom is 0.336 e. The van der Waals surface area contributed by atoms with E-state index in [1.54, 1.807) is 21.0 Å². The van der Waals surface area contributed by atoms with E-state index in [1.165, 1.54) is 0 Å². The van der Waals surface area contributed by atoms with Crippen molar-refractivity contribution in [1.82, 2.24) is 14.8 Å². The number of rotatable bonds is 10. The van der Waals surface area contributed by atoms with E-state index in [-0.39, 0.29) is 6.16 Å². The predicted molar refractivity (Wildman–Crippen MR) is 117 cm³/mol. The van der Waals surface area contributed by atoms with E-state index in [9.17, 15) is 4.57 Å². The van der Waals surface area contributed by atoms with Gasteiger partial charge in [-0.1, -0.05) is 18.2 Å². The summed E-state index contributed by atoms with van der Waals surface area (Å²) in [5.41, 5.74) is 4.29. The molecule has 0 bridgehead atoms. The van der Waals surface area contributed by atoms with Crippen molar-refractivity contribution in [2.24, 2.45) is 0 Å². The molecule has 2 aromatic heterocycles. The number of aryl methyl sites for hydroxylation is 1. The van der Waals surface area contributed by atoms with Gasteiger partial charge in [0.2, 0.25) is 0 Å². The van der Waals surface area contributed by atoms with E-state index in [4.69, 9.17) is 18.9 Å². The van der Waals surface area contributed by atoms with Gasteiger partial charge in [0.05, 0.1) is 50.1 Å². The largest absolute Gasteiger partial charge is 0.497 e. The number of nitrogens with zero attached hydrogens (tertiary/aromatic N) is 3. The van der Waals surface area contributed by atoms with Crippen molar-refractivity contribution in [2.75, 3.05) is 20.3 Å². The quantitative estimate of drug-likeness (QED) is 0.419. The first kappa shape index (κ1) is 22.2. The van der Waals surface area contributed by atoms with Crippen LogP contribution < -0.4 is 4.74 Å². The molecule has 2 heterocycles. The summed E-state index contributed by atoms with van der Waals surface area (Å²) in [5.74, 6) is 0.801. The molecule has 7 nitrogen and oxygen atoms in total. The summed E-state index contributed by atoms with van der Waals surface area (Å²) in [7, 11) is -1.61. The zero-order valence-electron chi connectivity index (χ0n) is 17.9. The Kier molecular flexibility index (Phi) is 7.43. The summed E-state index contributed by atoms with van der Waals surface area (Å²) >= 11 is 0. The molecule has 0 saturated carbocycles. The lowest BCUT2D eigenvalue weighted by molar-refractivity contribution is 0.219. The molecule has 1 aromatic carbocycles. The first-order valence-corrected chi connectivity index (χ1v) is 11.7. The molecule has 0 saturated heterocycles. The third-order valence-corrected chi connectivity index (χ3v) is 6.49. The predicted octanol–water partition coefficient (Wildman–Crippen LogP) is 5.08. The molecule has 0 aliphatic rings. The van der Waals surface area contributed by atoms with Crippen LogP contribution in [0.25, 0.3) is 11.4 Å². The topological polar surface area (TPSA) is 75.5 Å². The fraction of sp³-hybridized carbons (Fsp3) is 0.364. The van der Waals surface area contributed by atoms with Crippen LogP contribution in [0.5, 0.6) is 5.75 Å². The molecular formula is C22H28N3O4P. The van der Waals surface area contributed by atoms with Gasteiger partial charge in [0, 0.05) is 5.69 Å². The Morgan fingerprint density at radius 1 is 1.03 bits per heavy atom. The van der Waals surface area contributed by atoms with Gasteiger partial charge in [-0.2, -0.15) is 5.10 Å². The Balaban J connectivity index is 1.97. The lowest BCUT2D eigenvalue weighted by Crippen LogP contribution is -2.06. The molecule has 0 aliphatic carbocycles. The number of hydrogen-bond acceptors (Lipinski definition) is 6. The van der Waals surface area contributed by atoms with Crippen LogP contribution in [0.1, 0.15) is 30.8 Å². The van der Waals surface area contributed by atoms with E-state index in [2.05, 4.69) is 4.98 Å². The van der Waals surface area contributed by atoms with Crippen molar-refractivity contribution in [1.29, 1.82) is 0 Å². The number of benzene rings is 1. The molecule has 160 valence electrons. The third-order valence-electron chi connectivity index (χ3n) is 4.48. The molecule has 0 aliphatic heterocycles. The van der Waals surface area contributed by atoms with Crippen molar-refractivity contribution in [3.8, 4) is 17.1 Å². The van der Waals surface area contributed by atoms with Crippen LogP contribution in [0.4, 0.5) is 0 Å². The summed E-state index contributed by atoms with van der Waals surface area (Å²) in [6, 6.07) is 15.6. The Morgan fingerprint density at radius 3 is 2.33 bits per heavy atom. The number of aromatic nitrogens is 3. The smallest absolute Gasteiger partial charge is 0.336 e. The van der Waals surface area contributed by atoms with E-state index in [0.717, 1.165) is 28.4 Å². The van der Waals surface area contributed by atoms with Gasteiger partial charge in [-0.3, -0.25) is 14.2 Å². The monoisotopic (exact) mass is 429 g/mol. The molecular weight excluding hydrogens is 401 g/mol. The molecule has 0 N–H and O–H groups in total. The molecule has 0 unspecified atom stereocenters. The SMILES string of the molecule is CCOP(=O)(Cc1cc(-c2cccc(C)n2)n(Cc2ccc(OC)cc2)n1)OCC. The molecule has 0 atom stereocenters. The molecule has 0 radical (unpaired) electrons. The Labute approximate surface area is 177 Å². The minimum Gasteiger partial charge on any atom is -0.497 e. The van der Waals surface area contributed by atoms with E-state index in [1.807, 2.05) is 60.1 Å². The highest BCUT2D eigenvalue weighted by atomic mass is 31.2. The zero-order chi connectivity index (χ0) is 21.6. The molecule has 0 spiro atoms. The van der Waals surface area contributed by atoms with E-state index < -0.39 is 7.60 Å². The summed E-state index contributed by atoms with van der Waals surface area (Å²) < 4.78 is 31.0. The third kappa shape index (κ3) is 5.57. The second kappa shape index (κ2) is 10.0. The van der Waals surface area contributed by atoms with Crippen LogP contribution in [0, 0.1) is 6.92 Å². The standard InChI is InChI=1S/C22H28N3O4P/c1-5-28-30(26,29-6-2)16-19-14-22(21-9-7-8-17(3)23-21)25(24-19)15-18-10-12-20(27-4)13-11-18/h7-14H,5-6,15-16H2,1-4H3. The second-order valence-electron chi connectivity index (χ2n) is 6.80. The van der Waals surface area contributed by atoms with Crippen molar-refractivity contribution in [2.45, 2.75) is 33.5 Å². The summed E-state index contributed by atoms with van der Waals surface area (Å²) in [6.07, 6.45) is 0.114. The van der Waals surface area contributed by atoms with Gasteiger partial charge in [0.15, 0.2) is 0 Å². The highest BCUT2D eigenvalue weighted by Gasteiger charge is 2.26. The molecule has 0 amide bonds. The second-order valence-corrected chi connectivity index (χ2v) is 8.85. The lowest BCUT2D eigenvalue weighted by Gasteiger charge is -2.15. The number of ether oxygens (including phenoxy) is 1. The van der Waals surface area contributed by atoms with Crippen LogP contribution in [-0.2, 0) is 26.3 Å². The van der Waals surface area contributed by atoms with Gasteiger partial charge in [-0.05, 0) is 56.7 Å². The summed E-state index contributed by atoms with van der Waals surface area (Å²) in [4.78, 5) is 4.64. The van der Waals surface area contributed by atoms with E-state index in [0.29, 0.717) is 25.5 Å². The fourth-order valence-corrected chi connectivity index (χ4v) is 4.78. The Bertz CT molecular complexity index is 1010. The zero-order valence-corrected chi connectivity index (χ0v) is 18.8. The van der Waals surface area contributed by atoms with Gasteiger partial charge in [0.1, 0.15) is 5.75 Å². The fourth-order valence-electron chi connectivity index (χ4n) is 3.18. The van der Waals surface area contributed by atoms with Crippen molar-refractivity contribution < 1.29 is 18.3 Å². The van der Waals surface area contributed by atoms with Gasteiger partial charge in [-0.15, -0.1) is 0 Å². The average Bonchev–Trinajstić information content (AvgIpc) is 3.10. The van der Waals surface area contributed by atoms with Crippen molar-refractivity contribution in [3.05, 3.63) is 65.5 Å². The number of hydrogen-bond donors (Lipinski definition) is 0. The molecule has 3 aromatic rings. The van der Waals surface area contributed by atoms with Crippen molar-refractivity contribution >= 4 is 7.60 Å². The van der Waals surface area contributed by atoms with E-state index >= 15 is 0 Å². The van der Waals surface area contributed by atoms with Gasteiger partial charge in [0.25, 0.3) is 0 Å². The number of pyridine rings is 1. The van der Waals surface area contributed by atoms with Gasteiger partial charge < -0.3 is 13.8 Å². The van der Waals surface area contributed by atoms with Crippen LogP contribution in [0.3, 0.4) is 0 Å². The molecule has 3 rings (SSSR count). The molecule has 8 heteroatoms. The normalized spacial score (nSPS) is 11.6. The molecule has 0 fully saturated rings. The maximum absolute atomic E-state index is 13.0. The minimum atomic E-state index is -3.25. The maximum atomic E-state index is 13.0. The van der Waals surface area contributed by atoms with Crippen LogP contribution >= 0.6 is 7.60 Å². The Morgan fingerprint density at radius 2 is 1.73 bits per heavy atom. The first-order chi connectivity index (χ1) is 14.5. The number of methoxy groups -OCH3 is 1. The minimum absolute atomic E-state index is 0.114. The van der Waals surface area contributed by atoms with Crippen LogP contribution in [0.2, 0.25) is 0 Å². The highest BCUT2D eigenvalue weighted by Crippen LogP contribution is 2.51. The van der Waals surface area contributed by atoms with Crippen LogP contribution in [-0.4, -0.2) is 35.1 Å². The average molecular weight is 429 g/mol. The summed E-state index contributed by atoms with van der Waals surface area (Å²) in [5, 5.41) is 4.72. The lowest BCUT2D eigenvalue weighted by atomic mass is 10.2. The van der Waals surface area contributed by atoms with Crippen LogP contribution in [0.15, 0.2) is 48.5 Å².